The van der Waals surface area contributed by atoms with E-state index < -0.39 is 19.7 Å². The molecule has 112 valence electrons. The van der Waals surface area contributed by atoms with Crippen molar-refractivity contribution in [3.8, 4) is 0 Å². The molecule has 0 unspecified atom stereocenters. The number of hydrogen-bond donors (Lipinski definition) is 1. The summed E-state index contributed by atoms with van der Waals surface area (Å²) in [5.41, 5.74) is 0.236. The van der Waals surface area contributed by atoms with Gasteiger partial charge >= 0.3 is 6.09 Å². The molecule has 0 bridgehead atoms. The van der Waals surface area contributed by atoms with Crippen LogP contribution in [0.2, 0.25) is 25.7 Å². The molecule has 0 aliphatic rings. The highest BCUT2D eigenvalue weighted by Gasteiger charge is 2.25. The number of carbonyl (C=O) groups excluding carboxylic acids is 1. The van der Waals surface area contributed by atoms with E-state index in [1.54, 1.807) is 6.20 Å². The Bertz CT molecular complexity index is 455. The van der Waals surface area contributed by atoms with Crippen LogP contribution in [0, 0.1) is 0 Å². The molecular weight excluding hydrogens is 336 g/mol. The van der Waals surface area contributed by atoms with E-state index in [2.05, 4.69) is 45.9 Å². The molecule has 1 N–H and O–H groups in total. The van der Waals surface area contributed by atoms with E-state index >= 15 is 0 Å². The number of hydrogen-bond acceptors (Lipinski definition) is 3. The number of rotatable bonds is 5. The van der Waals surface area contributed by atoms with E-state index in [0.29, 0.717) is 6.61 Å². The quantitative estimate of drug-likeness (QED) is 0.804. The van der Waals surface area contributed by atoms with E-state index in [1.807, 2.05) is 26.0 Å². The van der Waals surface area contributed by atoms with Gasteiger partial charge in [0.25, 0.3) is 0 Å². The molecule has 0 saturated heterocycles. The summed E-state index contributed by atoms with van der Waals surface area (Å²) in [5, 5.41) is 2.85. The standard InChI is InChI=1S/C14H23BrN2O2Si/c1-14(2,12-7-6-11(15)10-16-12)17-13(18)19-8-9-20(3,4)5/h6-7,10H,8-9H2,1-5H3,(H,17,18). The third kappa shape index (κ3) is 6.05. The fourth-order valence-corrected chi connectivity index (χ4v) is 2.50. The number of halogens is 1. The molecule has 0 spiro atoms. The van der Waals surface area contributed by atoms with Crippen molar-refractivity contribution >= 4 is 30.1 Å². The fourth-order valence-electron chi connectivity index (χ4n) is 1.55. The van der Waals surface area contributed by atoms with Crippen LogP contribution >= 0.6 is 15.9 Å². The number of carbonyl (C=O) groups is 1. The Morgan fingerprint density at radius 3 is 2.55 bits per heavy atom. The lowest BCUT2D eigenvalue weighted by atomic mass is 10.0. The molecule has 1 aromatic heterocycles. The highest BCUT2D eigenvalue weighted by Crippen LogP contribution is 2.19. The monoisotopic (exact) mass is 358 g/mol. The zero-order valence-electron chi connectivity index (χ0n) is 12.8. The lowest BCUT2D eigenvalue weighted by Gasteiger charge is -2.25. The molecule has 1 rings (SSSR count). The normalized spacial score (nSPS) is 12.1. The largest absolute Gasteiger partial charge is 0.450 e. The van der Waals surface area contributed by atoms with E-state index in [4.69, 9.17) is 4.74 Å². The van der Waals surface area contributed by atoms with Crippen molar-refractivity contribution in [2.75, 3.05) is 6.61 Å². The third-order valence-electron chi connectivity index (χ3n) is 2.87. The second-order valence-electron chi connectivity index (χ2n) is 6.56. The number of nitrogens with one attached hydrogen (secondary N) is 1. The Morgan fingerprint density at radius 2 is 2.05 bits per heavy atom. The molecule has 20 heavy (non-hydrogen) atoms. The van der Waals surface area contributed by atoms with Crippen LogP contribution in [0.15, 0.2) is 22.8 Å². The molecule has 1 aromatic rings. The number of aromatic nitrogens is 1. The van der Waals surface area contributed by atoms with Gasteiger partial charge in [-0.1, -0.05) is 19.6 Å². The van der Waals surface area contributed by atoms with Gasteiger partial charge in [0.15, 0.2) is 0 Å². The third-order valence-corrected chi connectivity index (χ3v) is 5.04. The topological polar surface area (TPSA) is 51.2 Å². The van der Waals surface area contributed by atoms with Gasteiger partial charge in [-0.25, -0.2) is 4.79 Å². The van der Waals surface area contributed by atoms with Crippen LogP contribution in [-0.4, -0.2) is 25.8 Å². The van der Waals surface area contributed by atoms with Gasteiger partial charge in [0.2, 0.25) is 0 Å². The van der Waals surface area contributed by atoms with Crippen LogP contribution < -0.4 is 5.32 Å². The Morgan fingerprint density at radius 1 is 1.40 bits per heavy atom. The van der Waals surface area contributed by atoms with Gasteiger partial charge in [0.1, 0.15) is 0 Å². The predicted octanol–water partition coefficient (Wildman–Crippen LogP) is 4.14. The van der Waals surface area contributed by atoms with Gasteiger partial charge in [-0.15, -0.1) is 0 Å². The highest BCUT2D eigenvalue weighted by atomic mass is 79.9. The minimum Gasteiger partial charge on any atom is -0.450 e. The van der Waals surface area contributed by atoms with E-state index in [0.717, 1.165) is 16.2 Å². The maximum Gasteiger partial charge on any atom is 0.407 e. The van der Waals surface area contributed by atoms with Gasteiger partial charge < -0.3 is 10.1 Å². The van der Waals surface area contributed by atoms with E-state index in [-0.39, 0.29) is 0 Å². The minimum atomic E-state index is -1.18. The van der Waals surface area contributed by atoms with Crippen LogP contribution in [0.25, 0.3) is 0 Å². The van der Waals surface area contributed by atoms with Gasteiger partial charge in [-0.3, -0.25) is 4.98 Å². The Balaban J connectivity index is 2.53. The van der Waals surface area contributed by atoms with E-state index in [1.165, 1.54) is 0 Å². The molecule has 0 saturated carbocycles. The van der Waals surface area contributed by atoms with Crippen molar-refractivity contribution in [1.29, 1.82) is 0 Å². The second-order valence-corrected chi connectivity index (χ2v) is 13.1. The van der Waals surface area contributed by atoms with Gasteiger partial charge in [0, 0.05) is 18.7 Å². The summed E-state index contributed by atoms with van der Waals surface area (Å²) in [5.74, 6) is 0. The maximum absolute atomic E-state index is 11.8. The summed E-state index contributed by atoms with van der Waals surface area (Å²) in [6.45, 7) is 11.1. The SMILES string of the molecule is CC(C)(NC(=O)OCC[Si](C)(C)C)c1ccc(Br)cn1. The summed E-state index contributed by atoms with van der Waals surface area (Å²) in [6.07, 6.45) is 1.33. The predicted molar refractivity (Wildman–Crippen MR) is 87.6 cm³/mol. The molecule has 1 amide bonds. The molecule has 0 aliphatic carbocycles. The van der Waals surface area contributed by atoms with Gasteiger partial charge in [-0.2, -0.15) is 0 Å². The van der Waals surface area contributed by atoms with Crippen molar-refractivity contribution < 1.29 is 9.53 Å². The first-order valence-electron chi connectivity index (χ1n) is 6.67. The Hall–Kier alpha value is -0.883. The molecule has 0 atom stereocenters. The number of amides is 1. The number of alkyl carbamates (subject to hydrolysis) is 1. The molecule has 6 heteroatoms. The summed E-state index contributed by atoms with van der Waals surface area (Å²) in [6, 6.07) is 4.76. The molecule has 0 fully saturated rings. The van der Waals surface area contributed by atoms with Crippen LogP contribution in [0.3, 0.4) is 0 Å². The molecule has 1 heterocycles. The smallest absolute Gasteiger partial charge is 0.407 e. The van der Waals surface area contributed by atoms with Gasteiger partial charge in [-0.05, 0) is 48.0 Å². The van der Waals surface area contributed by atoms with E-state index in [9.17, 15) is 4.79 Å². The lowest BCUT2D eigenvalue weighted by Crippen LogP contribution is -2.42. The molecule has 4 nitrogen and oxygen atoms in total. The lowest BCUT2D eigenvalue weighted by molar-refractivity contribution is 0.140. The summed E-state index contributed by atoms with van der Waals surface area (Å²) in [4.78, 5) is 16.1. The van der Waals surface area contributed by atoms with Crippen molar-refractivity contribution in [3.05, 3.63) is 28.5 Å². The summed E-state index contributed by atoms with van der Waals surface area (Å²) in [7, 11) is -1.18. The molecule has 0 aliphatic heterocycles. The van der Waals surface area contributed by atoms with Crippen molar-refractivity contribution in [1.82, 2.24) is 10.3 Å². The van der Waals surface area contributed by atoms with Crippen LogP contribution in [-0.2, 0) is 10.3 Å². The molecular formula is C14H23BrN2O2Si. The van der Waals surface area contributed by atoms with Gasteiger partial charge in [0.05, 0.1) is 17.8 Å². The zero-order valence-corrected chi connectivity index (χ0v) is 15.4. The number of pyridine rings is 1. The van der Waals surface area contributed by atoms with Crippen LogP contribution in [0.1, 0.15) is 19.5 Å². The van der Waals surface area contributed by atoms with Crippen LogP contribution in [0.4, 0.5) is 4.79 Å². The second kappa shape index (κ2) is 6.71. The van der Waals surface area contributed by atoms with Crippen molar-refractivity contribution in [2.24, 2.45) is 0 Å². The summed E-state index contributed by atoms with van der Waals surface area (Å²) >= 11 is 3.35. The fraction of sp³-hybridized carbons (Fsp3) is 0.571. The maximum atomic E-state index is 11.8. The zero-order chi connectivity index (χ0) is 15.4. The first-order valence-corrected chi connectivity index (χ1v) is 11.2. The minimum absolute atomic E-state index is 0.391. The first kappa shape index (κ1) is 17.2. The summed E-state index contributed by atoms with van der Waals surface area (Å²) < 4.78 is 6.16. The van der Waals surface area contributed by atoms with Crippen molar-refractivity contribution in [3.63, 3.8) is 0 Å². The van der Waals surface area contributed by atoms with Crippen molar-refractivity contribution in [2.45, 2.75) is 45.1 Å². The average molecular weight is 359 g/mol. The molecule has 0 radical (unpaired) electrons. The highest BCUT2D eigenvalue weighted by molar-refractivity contribution is 9.10. The molecule has 0 aromatic carbocycles. The number of ether oxygens (including phenoxy) is 1. The Kier molecular flexibility index (Phi) is 5.76. The Labute approximate surface area is 130 Å². The first-order chi connectivity index (χ1) is 9.10. The van der Waals surface area contributed by atoms with Crippen LogP contribution in [0.5, 0.6) is 0 Å². The average Bonchev–Trinajstić information content (AvgIpc) is 2.26. The number of nitrogens with zero attached hydrogens (tertiary/aromatic N) is 1.